The Morgan fingerprint density at radius 2 is 2.11 bits per heavy atom. The maximum absolute atomic E-state index is 12.1. The highest BCUT2D eigenvalue weighted by atomic mass is 16.5. The zero-order chi connectivity index (χ0) is 13.2. The van der Waals surface area contributed by atoms with Gasteiger partial charge in [-0.25, -0.2) is 0 Å². The van der Waals surface area contributed by atoms with Crippen LogP contribution in [0.15, 0.2) is 0 Å². The number of hydrogen-bond donors (Lipinski definition) is 1. The zero-order valence-corrected chi connectivity index (χ0v) is 11.9. The topological polar surface area (TPSA) is 41.6 Å². The molecule has 1 saturated heterocycles. The number of hydrogen-bond acceptors (Lipinski definition) is 3. The summed E-state index contributed by atoms with van der Waals surface area (Å²) in [5, 5.41) is 3.23. The second-order valence-electron chi connectivity index (χ2n) is 6.58. The average molecular weight is 266 g/mol. The highest BCUT2D eigenvalue weighted by molar-refractivity contribution is 5.78. The van der Waals surface area contributed by atoms with E-state index in [-0.39, 0.29) is 5.91 Å². The van der Waals surface area contributed by atoms with Gasteiger partial charge in [0.2, 0.25) is 5.91 Å². The van der Waals surface area contributed by atoms with Crippen LogP contribution in [0.4, 0.5) is 0 Å². The normalized spacial score (nSPS) is 36.4. The summed E-state index contributed by atoms with van der Waals surface area (Å²) in [7, 11) is 0. The van der Waals surface area contributed by atoms with Crippen molar-refractivity contribution in [3.8, 4) is 0 Å². The van der Waals surface area contributed by atoms with Crippen molar-refractivity contribution in [3.63, 3.8) is 0 Å². The molecule has 0 aromatic rings. The summed E-state index contributed by atoms with van der Waals surface area (Å²) in [6, 6.07) is 0.351. The Kier molecular flexibility index (Phi) is 4.08. The van der Waals surface area contributed by atoms with E-state index >= 15 is 0 Å². The van der Waals surface area contributed by atoms with Crippen LogP contribution in [0.25, 0.3) is 0 Å². The number of fused-ring (bicyclic) bond motifs is 2. The van der Waals surface area contributed by atoms with Gasteiger partial charge in [-0.05, 0) is 43.9 Å². The lowest BCUT2D eigenvalue weighted by molar-refractivity contribution is -0.124. The lowest BCUT2D eigenvalue weighted by Crippen LogP contribution is -2.47. The van der Waals surface area contributed by atoms with Crippen molar-refractivity contribution in [1.29, 1.82) is 0 Å². The van der Waals surface area contributed by atoms with Crippen molar-refractivity contribution < 1.29 is 9.53 Å². The Morgan fingerprint density at radius 1 is 1.32 bits per heavy atom. The first-order chi connectivity index (χ1) is 9.22. The Bertz CT molecular complexity index is 328. The highest BCUT2D eigenvalue weighted by Crippen LogP contribution is 2.49. The molecule has 0 spiro atoms. The van der Waals surface area contributed by atoms with Crippen molar-refractivity contribution >= 4 is 5.91 Å². The molecule has 1 amide bonds. The predicted octanol–water partition coefficient (Wildman–Crippen LogP) is 1.26. The number of amides is 1. The molecule has 2 saturated carbocycles. The molecule has 1 aliphatic heterocycles. The number of carbonyl (C=O) groups is 1. The molecule has 1 N–H and O–H groups in total. The lowest BCUT2D eigenvalue weighted by Gasteiger charge is -2.30. The van der Waals surface area contributed by atoms with E-state index in [0.29, 0.717) is 12.6 Å². The molecule has 0 aromatic heterocycles. The molecular weight excluding hydrogens is 240 g/mol. The number of nitrogens with one attached hydrogen (secondary N) is 1. The predicted molar refractivity (Wildman–Crippen MR) is 73.8 cm³/mol. The molecule has 19 heavy (non-hydrogen) atoms. The SMILES string of the molecule is C[C@H](NC(=O)CN1CCOCC1)[C@@H]1C[C@@H]2CC[C@@H]1C2. The van der Waals surface area contributed by atoms with E-state index in [4.69, 9.17) is 4.74 Å². The van der Waals surface area contributed by atoms with Crippen LogP contribution in [0.3, 0.4) is 0 Å². The fraction of sp³-hybridized carbons (Fsp3) is 0.933. The lowest BCUT2D eigenvalue weighted by atomic mass is 9.84. The van der Waals surface area contributed by atoms with E-state index in [0.717, 1.165) is 44.1 Å². The first kappa shape index (κ1) is 13.4. The number of carbonyl (C=O) groups excluding carboxylic acids is 1. The summed E-state index contributed by atoms with van der Waals surface area (Å²) >= 11 is 0. The molecule has 0 unspecified atom stereocenters. The third kappa shape index (κ3) is 3.11. The maximum atomic E-state index is 12.1. The van der Waals surface area contributed by atoms with E-state index < -0.39 is 0 Å². The van der Waals surface area contributed by atoms with E-state index in [1.54, 1.807) is 0 Å². The van der Waals surface area contributed by atoms with Crippen LogP contribution in [0.2, 0.25) is 0 Å². The second-order valence-corrected chi connectivity index (χ2v) is 6.58. The molecule has 1 heterocycles. The zero-order valence-electron chi connectivity index (χ0n) is 11.9. The van der Waals surface area contributed by atoms with Gasteiger partial charge in [0.05, 0.1) is 19.8 Å². The Balaban J connectivity index is 1.43. The minimum Gasteiger partial charge on any atom is -0.379 e. The molecule has 108 valence electrons. The molecule has 0 radical (unpaired) electrons. The smallest absolute Gasteiger partial charge is 0.234 e. The van der Waals surface area contributed by atoms with Crippen LogP contribution in [-0.2, 0) is 9.53 Å². The molecule has 2 bridgehead atoms. The van der Waals surface area contributed by atoms with Crippen LogP contribution >= 0.6 is 0 Å². The van der Waals surface area contributed by atoms with E-state index in [1.165, 1.54) is 25.7 Å². The van der Waals surface area contributed by atoms with E-state index in [1.807, 2.05) is 0 Å². The largest absolute Gasteiger partial charge is 0.379 e. The van der Waals surface area contributed by atoms with Crippen molar-refractivity contribution in [2.75, 3.05) is 32.8 Å². The second kappa shape index (κ2) is 5.80. The Labute approximate surface area is 115 Å². The van der Waals surface area contributed by atoms with Crippen molar-refractivity contribution in [1.82, 2.24) is 10.2 Å². The van der Waals surface area contributed by atoms with Crippen LogP contribution in [-0.4, -0.2) is 49.7 Å². The van der Waals surface area contributed by atoms with Crippen molar-refractivity contribution in [2.45, 2.75) is 38.6 Å². The van der Waals surface area contributed by atoms with Gasteiger partial charge < -0.3 is 10.1 Å². The number of ether oxygens (including phenoxy) is 1. The van der Waals surface area contributed by atoms with Crippen molar-refractivity contribution in [3.05, 3.63) is 0 Å². The van der Waals surface area contributed by atoms with Gasteiger partial charge in [0.15, 0.2) is 0 Å². The minimum atomic E-state index is 0.192. The average Bonchev–Trinajstić information content (AvgIpc) is 3.02. The maximum Gasteiger partial charge on any atom is 0.234 e. The molecule has 4 heteroatoms. The van der Waals surface area contributed by atoms with Gasteiger partial charge in [0, 0.05) is 19.1 Å². The summed E-state index contributed by atoms with van der Waals surface area (Å²) in [6.45, 7) is 6.02. The van der Waals surface area contributed by atoms with Gasteiger partial charge >= 0.3 is 0 Å². The van der Waals surface area contributed by atoms with Gasteiger partial charge in [-0.2, -0.15) is 0 Å². The van der Waals surface area contributed by atoms with Gasteiger partial charge in [-0.1, -0.05) is 6.42 Å². The number of nitrogens with zero attached hydrogens (tertiary/aromatic N) is 1. The van der Waals surface area contributed by atoms with E-state index in [9.17, 15) is 4.79 Å². The summed E-state index contributed by atoms with van der Waals surface area (Å²) < 4.78 is 5.30. The third-order valence-corrected chi connectivity index (χ3v) is 5.29. The summed E-state index contributed by atoms with van der Waals surface area (Å²) in [4.78, 5) is 14.3. The first-order valence-electron chi connectivity index (χ1n) is 7.82. The summed E-state index contributed by atoms with van der Waals surface area (Å²) in [6.07, 6.45) is 5.56. The monoisotopic (exact) mass is 266 g/mol. The molecule has 2 aliphatic carbocycles. The van der Waals surface area contributed by atoms with Crippen LogP contribution in [0.5, 0.6) is 0 Å². The highest BCUT2D eigenvalue weighted by Gasteiger charge is 2.42. The van der Waals surface area contributed by atoms with Crippen LogP contribution < -0.4 is 5.32 Å². The fourth-order valence-corrected chi connectivity index (χ4v) is 4.28. The van der Waals surface area contributed by atoms with Gasteiger partial charge in [-0.15, -0.1) is 0 Å². The molecule has 3 fully saturated rings. The quantitative estimate of drug-likeness (QED) is 0.833. The van der Waals surface area contributed by atoms with Gasteiger partial charge in [0.25, 0.3) is 0 Å². The molecule has 4 nitrogen and oxygen atoms in total. The third-order valence-electron chi connectivity index (χ3n) is 5.29. The Morgan fingerprint density at radius 3 is 2.74 bits per heavy atom. The minimum absolute atomic E-state index is 0.192. The van der Waals surface area contributed by atoms with Gasteiger partial charge in [0.1, 0.15) is 0 Å². The fourth-order valence-electron chi connectivity index (χ4n) is 4.28. The van der Waals surface area contributed by atoms with Crippen molar-refractivity contribution in [2.24, 2.45) is 17.8 Å². The molecule has 0 aromatic carbocycles. The van der Waals surface area contributed by atoms with Crippen LogP contribution in [0.1, 0.15) is 32.6 Å². The molecule has 3 aliphatic rings. The Hall–Kier alpha value is -0.610. The summed E-state index contributed by atoms with van der Waals surface area (Å²) in [5.74, 6) is 2.75. The van der Waals surface area contributed by atoms with E-state index in [2.05, 4.69) is 17.1 Å². The summed E-state index contributed by atoms with van der Waals surface area (Å²) in [5.41, 5.74) is 0. The standard InChI is InChI=1S/C15H26N2O2/c1-11(14-9-12-2-3-13(14)8-12)16-15(18)10-17-4-6-19-7-5-17/h11-14H,2-10H2,1H3,(H,16,18)/t11-,12+,13+,14-/m0/s1. The molecule has 4 atom stereocenters. The molecule has 3 rings (SSSR count). The van der Waals surface area contributed by atoms with Gasteiger partial charge in [-0.3, -0.25) is 9.69 Å². The molecular formula is C15H26N2O2. The number of morpholine rings is 1. The van der Waals surface area contributed by atoms with Crippen LogP contribution in [0, 0.1) is 17.8 Å². The number of rotatable bonds is 4. The first-order valence-corrected chi connectivity index (χ1v) is 7.82.